The summed E-state index contributed by atoms with van der Waals surface area (Å²) in [7, 11) is 0. The molecule has 0 unspecified atom stereocenters. The molecule has 1 atom stereocenters. The maximum absolute atomic E-state index is 13.1. The van der Waals surface area contributed by atoms with E-state index in [-0.39, 0.29) is 17.7 Å². The van der Waals surface area contributed by atoms with Crippen LogP contribution in [-0.2, 0) is 17.6 Å². The van der Waals surface area contributed by atoms with Gasteiger partial charge in [-0.2, -0.15) is 5.10 Å². The summed E-state index contributed by atoms with van der Waals surface area (Å²) in [6, 6.07) is 8.94. The summed E-state index contributed by atoms with van der Waals surface area (Å²) in [5.74, 6) is -0.844. The molecule has 3 aromatic rings. The predicted octanol–water partition coefficient (Wildman–Crippen LogP) is 3.25. The average molecular weight is 479 g/mol. The number of rotatable bonds is 6. The van der Waals surface area contributed by atoms with Crippen molar-refractivity contribution in [1.29, 1.82) is 0 Å². The van der Waals surface area contributed by atoms with Crippen LogP contribution in [0.25, 0.3) is 5.69 Å². The third-order valence-electron chi connectivity index (χ3n) is 6.18. The second-order valence-electron chi connectivity index (χ2n) is 8.67. The third-order valence-corrected chi connectivity index (χ3v) is 7.39. The summed E-state index contributed by atoms with van der Waals surface area (Å²) in [6.45, 7) is 3.12. The number of amides is 2. The first-order valence-corrected chi connectivity index (χ1v) is 12.3. The van der Waals surface area contributed by atoms with E-state index in [1.54, 1.807) is 0 Å². The van der Waals surface area contributed by atoms with Crippen LogP contribution in [0.2, 0.25) is 0 Å². The fourth-order valence-electron chi connectivity index (χ4n) is 4.47. The number of aromatic nitrogens is 2. The molecule has 2 aromatic heterocycles. The molecule has 1 aliphatic heterocycles. The Balaban J connectivity index is 1.40. The minimum absolute atomic E-state index is 0.0299. The summed E-state index contributed by atoms with van der Waals surface area (Å²) >= 11 is 1.41. The van der Waals surface area contributed by atoms with Crippen LogP contribution in [0, 0.1) is 6.92 Å². The third kappa shape index (κ3) is 4.53. The van der Waals surface area contributed by atoms with E-state index in [0.29, 0.717) is 17.1 Å². The van der Waals surface area contributed by atoms with Gasteiger partial charge in [-0.25, -0.2) is 4.68 Å². The molecule has 0 bridgehead atoms. The highest BCUT2D eigenvalue weighted by molar-refractivity contribution is 7.17. The van der Waals surface area contributed by atoms with Gasteiger partial charge in [0.25, 0.3) is 11.8 Å². The summed E-state index contributed by atoms with van der Waals surface area (Å²) in [5, 5.41) is 10.5. The Morgan fingerprint density at radius 3 is 2.88 bits per heavy atom. The van der Waals surface area contributed by atoms with E-state index in [4.69, 9.17) is 4.74 Å². The summed E-state index contributed by atoms with van der Waals surface area (Å²) < 4.78 is 7.11. The lowest BCUT2D eigenvalue weighted by Gasteiger charge is -2.13. The molecule has 1 saturated heterocycles. The van der Waals surface area contributed by atoms with Crippen LogP contribution in [0.15, 0.2) is 41.3 Å². The zero-order valence-corrected chi connectivity index (χ0v) is 19.7. The largest absolute Gasteiger partial charge is 0.376 e. The Hall–Kier alpha value is -3.30. The number of thiophene rings is 1. The van der Waals surface area contributed by atoms with Crippen molar-refractivity contribution < 1.29 is 14.3 Å². The molecule has 1 aromatic carbocycles. The van der Waals surface area contributed by atoms with Crippen LogP contribution in [0.4, 0.5) is 5.00 Å². The van der Waals surface area contributed by atoms with Gasteiger partial charge in [0.2, 0.25) is 5.43 Å². The normalized spacial score (nSPS) is 16.9. The number of hydrogen-bond acceptors (Lipinski definition) is 6. The molecule has 2 aliphatic rings. The van der Waals surface area contributed by atoms with Gasteiger partial charge in [0.05, 0.1) is 17.4 Å². The Labute approximate surface area is 201 Å². The van der Waals surface area contributed by atoms with E-state index in [9.17, 15) is 14.4 Å². The first kappa shape index (κ1) is 22.5. The molecule has 34 heavy (non-hydrogen) atoms. The second kappa shape index (κ2) is 9.52. The average Bonchev–Trinajstić information content (AvgIpc) is 3.56. The van der Waals surface area contributed by atoms with E-state index < -0.39 is 11.3 Å². The minimum Gasteiger partial charge on any atom is -0.376 e. The van der Waals surface area contributed by atoms with Gasteiger partial charge in [0, 0.05) is 30.3 Å². The number of ether oxygens (including phenoxy) is 1. The van der Waals surface area contributed by atoms with Crippen molar-refractivity contribution in [3.63, 3.8) is 0 Å². The molecule has 2 amide bonds. The van der Waals surface area contributed by atoms with E-state index >= 15 is 0 Å². The number of fused-ring (bicyclic) bond motifs is 1. The van der Waals surface area contributed by atoms with Gasteiger partial charge in [-0.05, 0) is 62.3 Å². The predicted molar refractivity (Wildman–Crippen MR) is 130 cm³/mol. The van der Waals surface area contributed by atoms with Crippen molar-refractivity contribution in [3.05, 3.63) is 74.0 Å². The Morgan fingerprint density at radius 1 is 1.21 bits per heavy atom. The maximum Gasteiger partial charge on any atom is 0.280 e. The van der Waals surface area contributed by atoms with Crippen LogP contribution < -0.4 is 16.1 Å². The SMILES string of the molecule is Cc1cccc(-n2ccc(=O)c(C(=O)Nc3sc4c(c3C(=O)NC[C@@H]3CCCO3)CCC4)n2)c1. The standard InChI is InChI=1S/C25H26N4O4S/c1-15-5-2-6-16(13-15)29-11-10-19(30)22(28-29)24(32)27-25-21(18-8-3-9-20(18)34-25)23(31)26-14-17-7-4-12-33-17/h2,5-6,10-11,13,17H,3-4,7-9,12,14H2,1H3,(H,26,31)(H,27,32)/t17-/m0/s1. The highest BCUT2D eigenvalue weighted by atomic mass is 32.1. The minimum atomic E-state index is -0.625. The molecule has 5 rings (SSSR count). The lowest BCUT2D eigenvalue weighted by Crippen LogP contribution is -2.33. The van der Waals surface area contributed by atoms with Gasteiger partial charge in [-0.1, -0.05) is 12.1 Å². The maximum atomic E-state index is 13.1. The molecule has 1 aliphatic carbocycles. The van der Waals surface area contributed by atoms with Crippen molar-refractivity contribution in [2.24, 2.45) is 0 Å². The highest BCUT2D eigenvalue weighted by Gasteiger charge is 2.29. The molecule has 0 radical (unpaired) electrons. The van der Waals surface area contributed by atoms with Crippen molar-refractivity contribution in [3.8, 4) is 5.69 Å². The Kier molecular flexibility index (Phi) is 6.30. The van der Waals surface area contributed by atoms with Gasteiger partial charge in [0.15, 0.2) is 5.69 Å². The fraction of sp³-hybridized carbons (Fsp3) is 0.360. The van der Waals surface area contributed by atoms with E-state index in [1.165, 1.54) is 28.3 Å². The molecule has 0 spiro atoms. The van der Waals surface area contributed by atoms with Crippen LogP contribution in [0.3, 0.4) is 0 Å². The molecule has 2 N–H and O–H groups in total. The van der Waals surface area contributed by atoms with Gasteiger partial charge >= 0.3 is 0 Å². The summed E-state index contributed by atoms with van der Waals surface area (Å²) in [6.07, 6.45) is 6.17. The number of benzene rings is 1. The molecule has 9 heteroatoms. The zero-order chi connectivity index (χ0) is 23.7. The lowest BCUT2D eigenvalue weighted by molar-refractivity contribution is 0.0858. The number of carbonyl (C=O) groups is 2. The first-order chi connectivity index (χ1) is 16.5. The fourth-order valence-corrected chi connectivity index (χ4v) is 5.76. The Morgan fingerprint density at radius 2 is 2.09 bits per heavy atom. The quantitative estimate of drug-likeness (QED) is 0.566. The number of nitrogens with zero attached hydrogens (tertiary/aromatic N) is 2. The molecular formula is C25H26N4O4S. The molecule has 1 fully saturated rings. The van der Waals surface area contributed by atoms with Gasteiger partial charge in [-0.3, -0.25) is 14.4 Å². The number of carbonyl (C=O) groups excluding carboxylic acids is 2. The molecular weight excluding hydrogens is 452 g/mol. The van der Waals surface area contributed by atoms with Crippen molar-refractivity contribution in [1.82, 2.24) is 15.1 Å². The van der Waals surface area contributed by atoms with Gasteiger partial charge < -0.3 is 15.4 Å². The van der Waals surface area contributed by atoms with Crippen LogP contribution in [0.1, 0.15) is 56.1 Å². The monoisotopic (exact) mass is 478 g/mol. The lowest BCUT2D eigenvalue weighted by atomic mass is 10.1. The number of aryl methyl sites for hydroxylation is 2. The van der Waals surface area contributed by atoms with Gasteiger partial charge in [0.1, 0.15) is 5.00 Å². The van der Waals surface area contributed by atoms with E-state index in [1.807, 2.05) is 31.2 Å². The van der Waals surface area contributed by atoms with Crippen LogP contribution >= 0.6 is 11.3 Å². The van der Waals surface area contributed by atoms with Crippen molar-refractivity contribution in [2.75, 3.05) is 18.5 Å². The highest BCUT2D eigenvalue weighted by Crippen LogP contribution is 2.39. The van der Waals surface area contributed by atoms with Crippen LogP contribution in [-0.4, -0.2) is 40.9 Å². The molecule has 8 nitrogen and oxygen atoms in total. The molecule has 3 heterocycles. The van der Waals surface area contributed by atoms with Crippen LogP contribution in [0.5, 0.6) is 0 Å². The number of nitrogens with one attached hydrogen (secondary N) is 2. The molecule has 0 saturated carbocycles. The number of anilines is 1. The molecule has 176 valence electrons. The van der Waals surface area contributed by atoms with E-state index in [2.05, 4.69) is 15.7 Å². The zero-order valence-electron chi connectivity index (χ0n) is 18.9. The second-order valence-corrected chi connectivity index (χ2v) is 9.78. The van der Waals surface area contributed by atoms with Crippen molar-refractivity contribution >= 4 is 28.2 Å². The summed E-state index contributed by atoms with van der Waals surface area (Å²) in [4.78, 5) is 39.8. The summed E-state index contributed by atoms with van der Waals surface area (Å²) in [5.41, 5.74) is 2.58. The first-order valence-electron chi connectivity index (χ1n) is 11.5. The van der Waals surface area contributed by atoms with Gasteiger partial charge in [-0.15, -0.1) is 11.3 Å². The topological polar surface area (TPSA) is 102 Å². The smallest absolute Gasteiger partial charge is 0.280 e. The Bertz CT molecular complexity index is 1310. The van der Waals surface area contributed by atoms with E-state index in [0.717, 1.165) is 60.4 Å². The van der Waals surface area contributed by atoms with Crippen molar-refractivity contribution in [2.45, 2.75) is 45.1 Å². The number of hydrogen-bond donors (Lipinski definition) is 2.